The highest BCUT2D eigenvalue weighted by Gasteiger charge is 2.03. The molecule has 0 N–H and O–H groups in total. The van der Waals surface area contributed by atoms with Gasteiger partial charge in [-0.25, -0.2) is 18.7 Å². The average molecular weight is 206 g/mol. The number of rotatable bonds is 4. The van der Waals surface area contributed by atoms with Gasteiger partial charge in [-0.2, -0.15) is 0 Å². The third-order valence-corrected chi connectivity index (χ3v) is 1.74. The van der Waals surface area contributed by atoms with Crippen molar-refractivity contribution in [3.8, 4) is 5.75 Å². The number of hydrogen-bond acceptors (Lipinski definition) is 4. The molecular weight excluding hydrogens is 198 g/mol. The first-order chi connectivity index (χ1) is 6.22. The number of halogens is 2. The first kappa shape index (κ1) is 10.2. The molecule has 0 saturated heterocycles. The van der Waals surface area contributed by atoms with E-state index in [1.807, 2.05) is 6.26 Å². The minimum Gasteiger partial charge on any atom is -0.484 e. The molecule has 1 aromatic rings. The van der Waals surface area contributed by atoms with E-state index < -0.39 is 13.0 Å². The van der Waals surface area contributed by atoms with Gasteiger partial charge in [0.1, 0.15) is 6.61 Å². The van der Waals surface area contributed by atoms with Crippen LogP contribution in [0, 0.1) is 0 Å². The van der Waals surface area contributed by atoms with E-state index in [0.717, 1.165) is 0 Å². The summed E-state index contributed by atoms with van der Waals surface area (Å²) in [7, 11) is 0. The molecule has 1 rings (SSSR count). The van der Waals surface area contributed by atoms with Gasteiger partial charge in [-0.05, 0) is 6.26 Å². The van der Waals surface area contributed by atoms with Crippen LogP contribution in [0.2, 0.25) is 0 Å². The highest BCUT2D eigenvalue weighted by atomic mass is 32.2. The summed E-state index contributed by atoms with van der Waals surface area (Å²) in [6.45, 7) is -0.623. The highest BCUT2D eigenvalue weighted by Crippen LogP contribution is 2.12. The maximum Gasteiger partial charge on any atom is 0.272 e. The standard InChI is InChI=1S/C7H8F2N2OS/c1-13-7-10-2-5(3-11-7)12-4-6(8)9/h2-3,6H,4H2,1H3. The molecule has 0 aliphatic rings. The molecule has 0 fully saturated rings. The van der Waals surface area contributed by atoms with Gasteiger partial charge in [0.05, 0.1) is 12.4 Å². The fraction of sp³-hybridized carbons (Fsp3) is 0.429. The lowest BCUT2D eigenvalue weighted by Crippen LogP contribution is -2.07. The number of alkyl halides is 2. The van der Waals surface area contributed by atoms with Crippen LogP contribution < -0.4 is 4.74 Å². The summed E-state index contributed by atoms with van der Waals surface area (Å²) in [5.41, 5.74) is 0. The minimum absolute atomic E-state index is 0.262. The molecule has 0 saturated carbocycles. The monoisotopic (exact) mass is 206 g/mol. The number of hydrogen-bond donors (Lipinski definition) is 0. The predicted octanol–water partition coefficient (Wildman–Crippen LogP) is 1.84. The van der Waals surface area contributed by atoms with Crippen molar-refractivity contribution in [2.45, 2.75) is 11.6 Å². The second-order valence-corrected chi connectivity index (χ2v) is 2.88. The summed E-state index contributed by atoms with van der Waals surface area (Å²) >= 11 is 1.38. The van der Waals surface area contributed by atoms with Crippen LogP contribution in [-0.4, -0.2) is 29.3 Å². The zero-order valence-electron chi connectivity index (χ0n) is 6.91. The van der Waals surface area contributed by atoms with Gasteiger partial charge in [0.25, 0.3) is 6.43 Å². The number of nitrogens with zero attached hydrogens (tertiary/aromatic N) is 2. The zero-order valence-corrected chi connectivity index (χ0v) is 7.72. The molecule has 0 unspecified atom stereocenters. The van der Waals surface area contributed by atoms with Crippen molar-refractivity contribution in [1.29, 1.82) is 0 Å². The zero-order chi connectivity index (χ0) is 9.68. The molecule has 1 heterocycles. The fourth-order valence-corrected chi connectivity index (χ4v) is 0.960. The van der Waals surface area contributed by atoms with Crippen molar-refractivity contribution < 1.29 is 13.5 Å². The van der Waals surface area contributed by atoms with Crippen LogP contribution in [0.15, 0.2) is 17.6 Å². The topological polar surface area (TPSA) is 35.0 Å². The van der Waals surface area contributed by atoms with E-state index in [4.69, 9.17) is 0 Å². The van der Waals surface area contributed by atoms with Crippen molar-refractivity contribution in [1.82, 2.24) is 9.97 Å². The molecule has 1 aromatic heterocycles. The lowest BCUT2D eigenvalue weighted by Gasteiger charge is -2.03. The highest BCUT2D eigenvalue weighted by molar-refractivity contribution is 7.98. The molecule has 0 radical (unpaired) electrons. The largest absolute Gasteiger partial charge is 0.484 e. The van der Waals surface area contributed by atoms with Gasteiger partial charge < -0.3 is 4.74 Å². The third kappa shape index (κ3) is 3.54. The van der Waals surface area contributed by atoms with Crippen LogP contribution >= 0.6 is 11.8 Å². The van der Waals surface area contributed by atoms with Crippen molar-refractivity contribution >= 4 is 11.8 Å². The second kappa shape index (κ2) is 4.96. The Morgan fingerprint density at radius 1 is 1.46 bits per heavy atom. The number of thioether (sulfide) groups is 1. The molecule has 0 atom stereocenters. The van der Waals surface area contributed by atoms with E-state index >= 15 is 0 Å². The molecule has 6 heteroatoms. The summed E-state index contributed by atoms with van der Waals surface area (Å²) < 4.78 is 28.1. The Balaban J connectivity index is 2.49. The molecule has 0 bridgehead atoms. The van der Waals surface area contributed by atoms with E-state index in [1.165, 1.54) is 24.2 Å². The first-order valence-electron chi connectivity index (χ1n) is 3.49. The lowest BCUT2D eigenvalue weighted by atomic mass is 10.6. The van der Waals surface area contributed by atoms with Gasteiger partial charge in [0, 0.05) is 0 Å². The third-order valence-electron chi connectivity index (χ3n) is 1.16. The Bertz CT molecular complexity index is 255. The van der Waals surface area contributed by atoms with Crippen LogP contribution in [-0.2, 0) is 0 Å². The van der Waals surface area contributed by atoms with Crippen LogP contribution in [0.25, 0.3) is 0 Å². The van der Waals surface area contributed by atoms with Gasteiger partial charge in [-0.3, -0.25) is 0 Å². The first-order valence-corrected chi connectivity index (χ1v) is 4.72. The van der Waals surface area contributed by atoms with Gasteiger partial charge >= 0.3 is 0 Å². The van der Waals surface area contributed by atoms with Crippen molar-refractivity contribution in [3.05, 3.63) is 12.4 Å². The Kier molecular flexibility index (Phi) is 3.88. The van der Waals surface area contributed by atoms with E-state index in [-0.39, 0.29) is 5.75 Å². The van der Waals surface area contributed by atoms with Gasteiger partial charge in [-0.1, -0.05) is 11.8 Å². The molecular formula is C7H8F2N2OS. The predicted molar refractivity (Wildman–Crippen MR) is 45.3 cm³/mol. The number of aromatic nitrogens is 2. The lowest BCUT2D eigenvalue weighted by molar-refractivity contribution is 0.0814. The second-order valence-electron chi connectivity index (χ2n) is 2.11. The van der Waals surface area contributed by atoms with Gasteiger partial charge in [-0.15, -0.1) is 0 Å². The molecule has 72 valence electrons. The van der Waals surface area contributed by atoms with Crippen LogP contribution in [0.1, 0.15) is 0 Å². The van der Waals surface area contributed by atoms with E-state index in [0.29, 0.717) is 5.16 Å². The van der Waals surface area contributed by atoms with Crippen LogP contribution in [0.4, 0.5) is 8.78 Å². The summed E-state index contributed by atoms with van der Waals surface area (Å²) in [6, 6.07) is 0. The van der Waals surface area contributed by atoms with Gasteiger partial charge in [0.2, 0.25) is 0 Å². The molecule has 13 heavy (non-hydrogen) atoms. The van der Waals surface area contributed by atoms with E-state index in [2.05, 4.69) is 14.7 Å². The Morgan fingerprint density at radius 2 is 2.08 bits per heavy atom. The molecule has 0 aliphatic heterocycles. The Hall–Kier alpha value is -0.910. The van der Waals surface area contributed by atoms with Crippen LogP contribution in [0.3, 0.4) is 0 Å². The maximum absolute atomic E-state index is 11.7. The molecule has 0 aromatic carbocycles. The summed E-state index contributed by atoms with van der Waals surface area (Å²) in [4.78, 5) is 7.71. The molecule has 0 spiro atoms. The Morgan fingerprint density at radius 3 is 2.54 bits per heavy atom. The van der Waals surface area contributed by atoms with Gasteiger partial charge in [0.15, 0.2) is 10.9 Å². The maximum atomic E-state index is 11.7. The molecule has 0 amide bonds. The van der Waals surface area contributed by atoms with Crippen molar-refractivity contribution in [2.24, 2.45) is 0 Å². The Labute approximate surface area is 78.5 Å². The quantitative estimate of drug-likeness (QED) is 0.556. The number of ether oxygens (including phenoxy) is 1. The molecule has 3 nitrogen and oxygen atoms in total. The molecule has 0 aliphatic carbocycles. The van der Waals surface area contributed by atoms with Crippen molar-refractivity contribution in [3.63, 3.8) is 0 Å². The van der Waals surface area contributed by atoms with Crippen molar-refractivity contribution in [2.75, 3.05) is 12.9 Å². The summed E-state index contributed by atoms with van der Waals surface area (Å²) in [6.07, 6.45) is 2.11. The SMILES string of the molecule is CSc1ncc(OCC(F)F)cn1. The normalized spacial score (nSPS) is 10.5. The smallest absolute Gasteiger partial charge is 0.272 e. The minimum atomic E-state index is -2.47. The summed E-state index contributed by atoms with van der Waals surface area (Å²) in [5, 5.41) is 0.587. The van der Waals surface area contributed by atoms with Crippen LogP contribution in [0.5, 0.6) is 5.75 Å². The van der Waals surface area contributed by atoms with E-state index in [1.54, 1.807) is 0 Å². The summed E-state index contributed by atoms with van der Waals surface area (Å²) in [5.74, 6) is 0.262. The fourth-order valence-electron chi connectivity index (χ4n) is 0.644. The average Bonchev–Trinajstić information content (AvgIpc) is 2.15. The van der Waals surface area contributed by atoms with E-state index in [9.17, 15) is 8.78 Å².